The van der Waals surface area contributed by atoms with E-state index in [4.69, 9.17) is 0 Å². The molecule has 0 aliphatic carbocycles. The van der Waals surface area contributed by atoms with Crippen molar-refractivity contribution >= 4 is 65.0 Å². The number of rotatable bonds is 15. The molecule has 1 aliphatic heterocycles. The van der Waals surface area contributed by atoms with E-state index in [0.717, 1.165) is 14.7 Å². The summed E-state index contributed by atoms with van der Waals surface area (Å²) in [6.07, 6.45) is 2.88. The Morgan fingerprint density at radius 1 is 0.425 bits per heavy atom. The van der Waals surface area contributed by atoms with Crippen molar-refractivity contribution in [1.82, 2.24) is 55.6 Å². The van der Waals surface area contributed by atoms with Gasteiger partial charge in [-0.05, 0) is 100 Å². The molecule has 0 spiro atoms. The molecule has 1 rings (SSSR count). The highest BCUT2D eigenvalue weighted by molar-refractivity contribution is 6.02. The minimum atomic E-state index is -1.65. The molecule has 1 saturated heterocycles. The summed E-state index contributed by atoms with van der Waals surface area (Å²) in [5.41, 5.74) is -0.366. The van der Waals surface area contributed by atoms with Crippen molar-refractivity contribution in [2.45, 2.75) is 223 Å². The third-order valence-electron chi connectivity index (χ3n) is 16.4. The molecular formula is C64H113N11O12. The number of hydrogen-bond acceptors (Lipinski definition) is 12. The summed E-state index contributed by atoms with van der Waals surface area (Å²) in [6, 6.07) is -12.7. The molecule has 0 aromatic rings. The molecule has 0 aromatic heterocycles. The highest BCUT2D eigenvalue weighted by Gasteiger charge is 2.46. The Morgan fingerprint density at radius 2 is 0.793 bits per heavy atom. The molecule has 12 atom stereocenters. The lowest BCUT2D eigenvalue weighted by molar-refractivity contribution is -0.157. The van der Waals surface area contributed by atoms with Gasteiger partial charge in [-0.25, -0.2) is 0 Å². The van der Waals surface area contributed by atoms with Gasteiger partial charge in [0.15, 0.2) is 0 Å². The Kier molecular flexibility index (Phi) is 31.6. The lowest BCUT2D eigenvalue weighted by Gasteiger charge is -2.41. The Bertz CT molecular complexity index is 2440. The average Bonchev–Trinajstić information content (AvgIpc) is 2.67. The Hall–Kier alpha value is -6.39. The van der Waals surface area contributed by atoms with Gasteiger partial charge < -0.3 is 60.7 Å². The number of hydrogen-bond donors (Lipinski definition) is 5. The normalized spacial score (nSPS) is 26.7. The van der Waals surface area contributed by atoms with Gasteiger partial charge in [-0.1, -0.05) is 123 Å². The fourth-order valence-corrected chi connectivity index (χ4v) is 10.8. The van der Waals surface area contributed by atoms with Crippen LogP contribution in [0.1, 0.15) is 157 Å². The Balaban J connectivity index is 4.42. The second kappa shape index (κ2) is 35.0. The van der Waals surface area contributed by atoms with Crippen molar-refractivity contribution in [3.63, 3.8) is 0 Å². The number of aliphatic hydroxyl groups is 1. The summed E-state index contributed by atoms with van der Waals surface area (Å²) in [5.74, 6) is -11.0. The molecule has 0 radical (unpaired) electrons. The zero-order valence-electron chi connectivity index (χ0n) is 57.4. The van der Waals surface area contributed by atoms with Crippen molar-refractivity contribution in [3.8, 4) is 0 Å². The Labute approximate surface area is 520 Å². The highest BCUT2D eigenvalue weighted by Crippen LogP contribution is 2.26. The lowest BCUT2D eigenvalue weighted by atomic mass is 9.91. The van der Waals surface area contributed by atoms with Crippen LogP contribution in [0.3, 0.4) is 0 Å². The summed E-state index contributed by atoms with van der Waals surface area (Å²) < 4.78 is 0. The number of carbonyl (C=O) groups is 11. The monoisotopic (exact) mass is 1230 g/mol. The van der Waals surface area contributed by atoms with Crippen molar-refractivity contribution in [2.75, 3.05) is 49.3 Å². The molecule has 0 aromatic carbocycles. The van der Waals surface area contributed by atoms with Crippen molar-refractivity contribution in [3.05, 3.63) is 24.4 Å². The molecular weight excluding hydrogens is 1110 g/mol. The van der Waals surface area contributed by atoms with Crippen molar-refractivity contribution in [2.24, 2.45) is 47.3 Å². The van der Waals surface area contributed by atoms with E-state index in [2.05, 4.69) is 27.8 Å². The van der Waals surface area contributed by atoms with E-state index in [9.17, 15) is 43.5 Å². The largest absolute Gasteiger partial charge is 0.390 e. The number of nitrogens with one attached hydrogen (secondary N) is 4. The summed E-state index contributed by atoms with van der Waals surface area (Å²) in [4.78, 5) is 170. The van der Waals surface area contributed by atoms with Crippen LogP contribution in [-0.2, 0) is 52.7 Å². The first-order valence-electron chi connectivity index (χ1n) is 31.1. The van der Waals surface area contributed by atoms with Crippen LogP contribution in [-0.4, -0.2) is 220 Å². The second-order valence-electron chi connectivity index (χ2n) is 26.9. The number of aliphatic hydroxyl groups excluding tert-OH is 1. The van der Waals surface area contributed by atoms with Crippen LogP contribution in [0.2, 0.25) is 0 Å². The zero-order chi connectivity index (χ0) is 67.7. The van der Waals surface area contributed by atoms with Crippen molar-refractivity contribution in [1.29, 1.82) is 0 Å². The first-order chi connectivity index (χ1) is 40.0. The van der Waals surface area contributed by atoms with E-state index >= 15 is 14.4 Å². The molecule has 0 unspecified atom stereocenters. The topological polar surface area (TPSA) is 279 Å². The lowest BCUT2D eigenvalue weighted by Crippen LogP contribution is -2.64. The molecule has 23 nitrogen and oxygen atoms in total. The number of nitrogens with zero attached hydrogens (tertiary/aromatic N) is 7. The molecule has 0 bridgehead atoms. The molecule has 87 heavy (non-hydrogen) atoms. The maximum Gasteiger partial charge on any atom is 0.270 e. The molecule has 0 saturated carbocycles. The quantitative estimate of drug-likeness (QED) is 0.115. The standard InChI is InChI=1S/C64H113N11O12/c1-27-28-29-41(16)53(76)52-57(80)68-49(38(10)11)62(85)69(20)44(19)59(82)70(21)46(31-35(4)5)56(79)67-50(39(12)13)63(86)71(22)45(30-34(2)3)55(78)65-42(17)54(77)66-43(18)58(81)72(23)47(32-36(6)7)60(83)73(24)48(33-37(8)9)61(84)74(25)51(40(14)15)64(87)75(52)26/h27-28,34-43,45-53,76H,19,29-33H2,1-18,20-26H3,(H,65,78)(H,66,77)(H,67,79)(H,68,80)/b28-27+/t41-,42-,43+,45-,46+,47-,48-,49-,50-,51-,52-,53-/m1/s1. The van der Waals surface area contributed by atoms with Crippen LogP contribution in [0.4, 0.5) is 0 Å². The van der Waals surface area contributed by atoms with Crippen LogP contribution >= 0.6 is 0 Å². The van der Waals surface area contributed by atoms with Gasteiger partial charge in [-0.3, -0.25) is 52.7 Å². The summed E-state index contributed by atoms with van der Waals surface area (Å²) in [5, 5.41) is 23.2. The average molecular weight is 1230 g/mol. The third-order valence-corrected chi connectivity index (χ3v) is 16.4. The molecule has 1 heterocycles. The van der Waals surface area contributed by atoms with E-state index < -0.39 is 155 Å². The van der Waals surface area contributed by atoms with Crippen LogP contribution in [0.5, 0.6) is 0 Å². The van der Waals surface area contributed by atoms with Gasteiger partial charge in [0.1, 0.15) is 66.1 Å². The van der Waals surface area contributed by atoms with E-state index in [1.807, 2.05) is 55.4 Å². The molecule has 1 fully saturated rings. The molecule has 1 aliphatic rings. The fraction of sp³-hybridized carbons (Fsp3) is 0.766. The SMILES string of the molecule is C=C1C(=O)N(C)[C@@H](CC(C)C)C(=O)N[C@H](C(C)C)C(=O)N(C)[C@H](CC(C)C)C(=O)N[C@H](C)C(=O)N[C@@H](C)C(=O)N(C)[C@H](CC(C)C)C(=O)N(C)[C@H](CC(C)C)C(=O)N(C)[C@H](C(C)C)C(=O)N(C)[C@H]([C@H](O)[C@H](C)C/C=C/C)C(=O)N[C@H](C(C)C)C(=O)N1C. The first kappa shape index (κ1) is 78.6. The van der Waals surface area contributed by atoms with Gasteiger partial charge in [0.2, 0.25) is 59.1 Å². The smallest absolute Gasteiger partial charge is 0.270 e. The summed E-state index contributed by atoms with van der Waals surface area (Å²) >= 11 is 0. The van der Waals surface area contributed by atoms with Gasteiger partial charge in [-0.2, -0.15) is 0 Å². The molecule has 23 heteroatoms. The minimum absolute atomic E-state index is 0.105. The van der Waals surface area contributed by atoms with Crippen LogP contribution < -0.4 is 21.3 Å². The highest BCUT2D eigenvalue weighted by atomic mass is 16.3. The maximum atomic E-state index is 15.2. The van der Waals surface area contributed by atoms with Gasteiger partial charge in [0.25, 0.3) is 5.91 Å². The van der Waals surface area contributed by atoms with Crippen LogP contribution in [0.15, 0.2) is 24.4 Å². The van der Waals surface area contributed by atoms with Gasteiger partial charge in [0, 0.05) is 49.3 Å². The van der Waals surface area contributed by atoms with Crippen molar-refractivity contribution < 1.29 is 57.8 Å². The predicted molar refractivity (Wildman–Crippen MR) is 337 cm³/mol. The number of carbonyl (C=O) groups excluding carboxylic acids is 11. The zero-order valence-corrected chi connectivity index (χ0v) is 57.4. The number of allylic oxidation sites excluding steroid dienone is 2. The Morgan fingerprint density at radius 3 is 1.23 bits per heavy atom. The van der Waals surface area contributed by atoms with E-state index in [-0.39, 0.29) is 55.1 Å². The van der Waals surface area contributed by atoms with Gasteiger partial charge in [0.05, 0.1) is 6.10 Å². The molecule has 5 N–H and O–H groups in total. The number of amides is 11. The molecule has 11 amide bonds. The summed E-state index contributed by atoms with van der Waals surface area (Å²) in [6.45, 7) is 35.4. The van der Waals surface area contributed by atoms with Crippen LogP contribution in [0, 0.1) is 47.3 Å². The second-order valence-corrected chi connectivity index (χ2v) is 26.9. The predicted octanol–water partition coefficient (Wildman–Crippen LogP) is 4.03. The van der Waals surface area contributed by atoms with Gasteiger partial charge in [-0.15, -0.1) is 0 Å². The first-order valence-corrected chi connectivity index (χ1v) is 31.1. The molecule has 496 valence electrons. The van der Waals surface area contributed by atoms with E-state index in [0.29, 0.717) is 6.42 Å². The minimum Gasteiger partial charge on any atom is -0.390 e. The van der Waals surface area contributed by atoms with E-state index in [1.165, 1.54) is 82.8 Å². The van der Waals surface area contributed by atoms with E-state index in [1.54, 1.807) is 67.5 Å². The third kappa shape index (κ3) is 21.4. The van der Waals surface area contributed by atoms with Gasteiger partial charge >= 0.3 is 0 Å². The maximum absolute atomic E-state index is 15.2. The fourth-order valence-electron chi connectivity index (χ4n) is 10.8. The summed E-state index contributed by atoms with van der Waals surface area (Å²) in [7, 11) is 9.76. The van der Waals surface area contributed by atoms with Crippen LogP contribution in [0.25, 0.3) is 0 Å². The number of likely N-dealkylation sites (N-methyl/N-ethyl adjacent to an activating group) is 7.